The van der Waals surface area contributed by atoms with Gasteiger partial charge in [-0.2, -0.15) is 0 Å². The molecule has 0 saturated heterocycles. The Hall–Kier alpha value is -2.24. The van der Waals surface area contributed by atoms with E-state index in [0.29, 0.717) is 24.5 Å². The summed E-state index contributed by atoms with van der Waals surface area (Å²) in [7, 11) is 0. The molecule has 0 aliphatic heterocycles. The highest BCUT2D eigenvalue weighted by Gasteiger charge is 2.22. The molecule has 6 nitrogen and oxygen atoms in total. The average Bonchev–Trinajstić information content (AvgIpc) is 2.84. The number of pyridine rings is 1. The van der Waals surface area contributed by atoms with E-state index in [4.69, 9.17) is 4.74 Å². The van der Waals surface area contributed by atoms with Crippen LogP contribution in [0.2, 0.25) is 0 Å². The van der Waals surface area contributed by atoms with E-state index in [1.807, 2.05) is 25.1 Å². The zero-order chi connectivity index (χ0) is 13.7. The molecule has 2 rings (SSSR count). The molecule has 2 aromatic rings. The number of ether oxygens (including phenoxy) is 1. The lowest BCUT2D eigenvalue weighted by atomic mass is 10.2. The Kier molecular flexibility index (Phi) is 4.22. The Morgan fingerprint density at radius 1 is 1.37 bits per heavy atom. The first kappa shape index (κ1) is 13.2. The molecule has 0 atom stereocenters. The van der Waals surface area contributed by atoms with E-state index in [9.17, 15) is 4.79 Å². The fourth-order valence-corrected chi connectivity index (χ4v) is 1.77. The van der Waals surface area contributed by atoms with Crippen LogP contribution in [0.1, 0.15) is 30.8 Å². The minimum absolute atomic E-state index is 0.217. The maximum Gasteiger partial charge on any atom is 0.361 e. The number of carbonyl (C=O) groups excluding carboxylic acids is 1. The smallest absolute Gasteiger partial charge is 0.361 e. The van der Waals surface area contributed by atoms with E-state index in [1.165, 1.54) is 0 Å². The topological polar surface area (TPSA) is 69.9 Å². The molecule has 0 saturated carbocycles. The van der Waals surface area contributed by atoms with E-state index in [1.54, 1.807) is 17.8 Å². The van der Waals surface area contributed by atoms with Crippen molar-refractivity contribution in [2.45, 2.75) is 26.8 Å². The number of nitrogens with zero attached hydrogens (tertiary/aromatic N) is 4. The normalized spacial score (nSPS) is 10.4. The van der Waals surface area contributed by atoms with E-state index in [-0.39, 0.29) is 5.69 Å². The molecule has 0 radical (unpaired) electrons. The van der Waals surface area contributed by atoms with Gasteiger partial charge in [-0.1, -0.05) is 18.2 Å². The van der Waals surface area contributed by atoms with Crippen molar-refractivity contribution in [2.75, 3.05) is 6.61 Å². The zero-order valence-electron chi connectivity index (χ0n) is 11.0. The molecule has 0 N–H and O–H groups in total. The van der Waals surface area contributed by atoms with Gasteiger partial charge in [0.05, 0.1) is 12.3 Å². The van der Waals surface area contributed by atoms with Gasteiger partial charge < -0.3 is 4.74 Å². The van der Waals surface area contributed by atoms with Crippen molar-refractivity contribution in [3.05, 3.63) is 30.1 Å². The summed E-state index contributed by atoms with van der Waals surface area (Å²) in [5.74, 6) is -0.467. The Balaban J connectivity index is 2.48. The molecule has 6 heteroatoms. The summed E-state index contributed by atoms with van der Waals surface area (Å²) in [6.07, 6.45) is 2.57. The van der Waals surface area contributed by atoms with Crippen LogP contribution in [0.25, 0.3) is 11.4 Å². The summed E-state index contributed by atoms with van der Waals surface area (Å²) in [6.45, 7) is 4.78. The molecule has 0 fully saturated rings. The van der Waals surface area contributed by atoms with E-state index in [0.717, 1.165) is 6.42 Å². The maximum absolute atomic E-state index is 11.9. The van der Waals surface area contributed by atoms with Crippen LogP contribution in [0.4, 0.5) is 0 Å². The van der Waals surface area contributed by atoms with Crippen molar-refractivity contribution in [2.24, 2.45) is 0 Å². The van der Waals surface area contributed by atoms with Gasteiger partial charge in [0.1, 0.15) is 5.69 Å². The van der Waals surface area contributed by atoms with Crippen LogP contribution in [-0.4, -0.2) is 32.6 Å². The van der Waals surface area contributed by atoms with Gasteiger partial charge in [-0.3, -0.25) is 4.98 Å². The highest BCUT2D eigenvalue weighted by Crippen LogP contribution is 2.20. The number of aromatic nitrogens is 4. The largest absolute Gasteiger partial charge is 0.461 e. The molecule has 0 aliphatic carbocycles. The predicted octanol–water partition coefficient (Wildman–Crippen LogP) is 1.93. The third kappa shape index (κ3) is 2.78. The highest BCUT2D eigenvalue weighted by molar-refractivity contribution is 5.93. The van der Waals surface area contributed by atoms with Crippen molar-refractivity contribution >= 4 is 5.97 Å². The second-order valence-corrected chi connectivity index (χ2v) is 3.95. The van der Waals surface area contributed by atoms with Gasteiger partial charge in [0.25, 0.3) is 0 Å². The Morgan fingerprint density at radius 3 is 2.84 bits per heavy atom. The molecule has 0 aliphatic rings. The summed E-state index contributed by atoms with van der Waals surface area (Å²) >= 11 is 0. The summed E-state index contributed by atoms with van der Waals surface area (Å²) < 4.78 is 6.69. The standard InChI is InChI=1S/C13H16N4O2/c1-3-9-17-12(10-7-5-6-8-14-10)11(15-16-17)13(18)19-4-2/h5-8H,3-4,9H2,1-2H3. The molecular formula is C13H16N4O2. The van der Waals surface area contributed by atoms with Crippen molar-refractivity contribution in [3.63, 3.8) is 0 Å². The lowest BCUT2D eigenvalue weighted by Crippen LogP contribution is -2.09. The summed E-state index contributed by atoms with van der Waals surface area (Å²) in [4.78, 5) is 16.1. The van der Waals surface area contributed by atoms with Gasteiger partial charge >= 0.3 is 5.97 Å². The molecule has 0 amide bonds. The Labute approximate surface area is 111 Å². The number of carbonyl (C=O) groups is 1. The molecule has 19 heavy (non-hydrogen) atoms. The first-order chi connectivity index (χ1) is 9.27. The first-order valence-electron chi connectivity index (χ1n) is 6.30. The summed E-state index contributed by atoms with van der Waals surface area (Å²) in [5, 5.41) is 7.94. The summed E-state index contributed by atoms with van der Waals surface area (Å²) in [6, 6.07) is 5.51. The van der Waals surface area contributed by atoms with Gasteiger partial charge in [0.15, 0.2) is 5.69 Å². The average molecular weight is 260 g/mol. The van der Waals surface area contributed by atoms with Gasteiger partial charge in [-0.05, 0) is 25.5 Å². The van der Waals surface area contributed by atoms with Crippen LogP contribution in [-0.2, 0) is 11.3 Å². The van der Waals surface area contributed by atoms with Crippen molar-refractivity contribution in [3.8, 4) is 11.4 Å². The quantitative estimate of drug-likeness (QED) is 0.768. The number of rotatable bonds is 5. The van der Waals surface area contributed by atoms with Crippen molar-refractivity contribution < 1.29 is 9.53 Å². The lowest BCUT2D eigenvalue weighted by molar-refractivity contribution is 0.0520. The fourth-order valence-electron chi connectivity index (χ4n) is 1.77. The van der Waals surface area contributed by atoms with E-state index >= 15 is 0 Å². The van der Waals surface area contributed by atoms with E-state index in [2.05, 4.69) is 15.3 Å². The van der Waals surface area contributed by atoms with Crippen LogP contribution >= 0.6 is 0 Å². The number of hydrogen-bond donors (Lipinski definition) is 0. The third-order valence-electron chi connectivity index (χ3n) is 2.55. The van der Waals surface area contributed by atoms with Gasteiger partial charge in [-0.15, -0.1) is 5.10 Å². The first-order valence-corrected chi connectivity index (χ1v) is 6.30. The van der Waals surface area contributed by atoms with Crippen LogP contribution in [0, 0.1) is 0 Å². The summed E-state index contributed by atoms with van der Waals surface area (Å²) in [5.41, 5.74) is 1.50. The van der Waals surface area contributed by atoms with Gasteiger partial charge in [0.2, 0.25) is 0 Å². The molecule has 2 heterocycles. The number of esters is 1. The van der Waals surface area contributed by atoms with Gasteiger partial charge in [-0.25, -0.2) is 9.48 Å². The molecule has 0 unspecified atom stereocenters. The third-order valence-corrected chi connectivity index (χ3v) is 2.55. The van der Waals surface area contributed by atoms with Gasteiger partial charge in [0, 0.05) is 12.7 Å². The van der Waals surface area contributed by atoms with Crippen LogP contribution in [0.3, 0.4) is 0 Å². The molecule has 0 bridgehead atoms. The second-order valence-electron chi connectivity index (χ2n) is 3.95. The molecule has 0 spiro atoms. The van der Waals surface area contributed by atoms with Crippen molar-refractivity contribution in [1.82, 2.24) is 20.0 Å². The molecule has 2 aromatic heterocycles. The number of hydrogen-bond acceptors (Lipinski definition) is 5. The SMILES string of the molecule is CCCn1nnc(C(=O)OCC)c1-c1ccccn1. The van der Waals surface area contributed by atoms with Crippen LogP contribution in [0.15, 0.2) is 24.4 Å². The lowest BCUT2D eigenvalue weighted by Gasteiger charge is -2.06. The van der Waals surface area contributed by atoms with E-state index < -0.39 is 5.97 Å². The van der Waals surface area contributed by atoms with Crippen LogP contribution < -0.4 is 0 Å². The maximum atomic E-state index is 11.9. The highest BCUT2D eigenvalue weighted by atomic mass is 16.5. The van der Waals surface area contributed by atoms with Crippen LogP contribution in [0.5, 0.6) is 0 Å². The second kappa shape index (κ2) is 6.08. The molecule has 0 aromatic carbocycles. The van der Waals surface area contributed by atoms with Crippen molar-refractivity contribution in [1.29, 1.82) is 0 Å². The molecule has 100 valence electrons. The predicted molar refractivity (Wildman–Crippen MR) is 69.5 cm³/mol. The Morgan fingerprint density at radius 2 is 2.21 bits per heavy atom. The minimum Gasteiger partial charge on any atom is -0.461 e. The Bertz CT molecular complexity index is 551. The number of aryl methyl sites for hydroxylation is 1. The zero-order valence-corrected chi connectivity index (χ0v) is 11.0. The minimum atomic E-state index is -0.467. The molecular weight excluding hydrogens is 244 g/mol. The fraction of sp³-hybridized carbons (Fsp3) is 0.385. The monoisotopic (exact) mass is 260 g/mol.